The lowest BCUT2D eigenvalue weighted by Crippen LogP contribution is -2.27. The molecule has 0 atom stereocenters. The second-order valence-corrected chi connectivity index (χ2v) is 5.85. The highest BCUT2D eigenvalue weighted by Crippen LogP contribution is 2.22. The Morgan fingerprint density at radius 3 is 2.79 bits per heavy atom. The summed E-state index contributed by atoms with van der Waals surface area (Å²) >= 11 is 3.42. The van der Waals surface area contributed by atoms with Gasteiger partial charge in [-0.15, -0.1) is 0 Å². The molecule has 0 spiro atoms. The fourth-order valence-electron chi connectivity index (χ4n) is 1.47. The van der Waals surface area contributed by atoms with Gasteiger partial charge in [0.05, 0.1) is 5.52 Å². The summed E-state index contributed by atoms with van der Waals surface area (Å²) in [7, 11) is 0. The van der Waals surface area contributed by atoms with Gasteiger partial charge < -0.3 is 4.74 Å². The monoisotopic (exact) mass is 323 g/mol. The normalized spacial score (nSPS) is 11.4. The van der Waals surface area contributed by atoms with Crippen molar-refractivity contribution in [3.8, 4) is 0 Å². The molecule has 5 nitrogen and oxygen atoms in total. The second kappa shape index (κ2) is 5.13. The van der Waals surface area contributed by atoms with Crippen LogP contribution in [0.25, 0.3) is 10.9 Å². The van der Waals surface area contributed by atoms with Crippen molar-refractivity contribution in [2.24, 2.45) is 0 Å². The van der Waals surface area contributed by atoms with Gasteiger partial charge in [-0.05, 0) is 32.9 Å². The lowest BCUT2D eigenvalue weighted by Gasteiger charge is -2.19. The summed E-state index contributed by atoms with van der Waals surface area (Å²) in [6.07, 6.45) is 1.08. The van der Waals surface area contributed by atoms with E-state index in [-0.39, 0.29) is 5.95 Å². The van der Waals surface area contributed by atoms with E-state index in [9.17, 15) is 4.79 Å². The molecule has 0 unspecified atom stereocenters. The number of hydrogen-bond donors (Lipinski definition) is 1. The van der Waals surface area contributed by atoms with E-state index in [1.165, 1.54) is 0 Å². The summed E-state index contributed by atoms with van der Waals surface area (Å²) in [5.74, 6) is 0.222. The first kappa shape index (κ1) is 13.7. The molecule has 1 N–H and O–H groups in total. The summed E-state index contributed by atoms with van der Waals surface area (Å²) in [5, 5.41) is 3.40. The molecular formula is C13H14BrN3O2. The molecule has 1 heterocycles. The molecule has 1 aromatic heterocycles. The number of benzene rings is 1. The van der Waals surface area contributed by atoms with Gasteiger partial charge in [0, 0.05) is 16.1 Å². The Morgan fingerprint density at radius 1 is 1.37 bits per heavy atom. The summed E-state index contributed by atoms with van der Waals surface area (Å²) in [6.45, 7) is 5.39. The van der Waals surface area contributed by atoms with E-state index in [2.05, 4.69) is 31.2 Å². The number of nitrogens with one attached hydrogen (secondary N) is 1. The molecule has 0 saturated heterocycles. The number of nitrogens with zero attached hydrogens (tertiary/aromatic N) is 2. The zero-order valence-corrected chi connectivity index (χ0v) is 12.5. The quantitative estimate of drug-likeness (QED) is 0.868. The molecule has 1 aromatic carbocycles. The Labute approximate surface area is 119 Å². The number of ether oxygens (including phenoxy) is 1. The Hall–Kier alpha value is -1.69. The van der Waals surface area contributed by atoms with Gasteiger partial charge >= 0.3 is 6.09 Å². The van der Waals surface area contributed by atoms with Crippen LogP contribution in [-0.4, -0.2) is 21.7 Å². The van der Waals surface area contributed by atoms with Crippen molar-refractivity contribution in [2.45, 2.75) is 26.4 Å². The van der Waals surface area contributed by atoms with Crippen LogP contribution in [0.1, 0.15) is 20.8 Å². The summed E-state index contributed by atoms with van der Waals surface area (Å²) < 4.78 is 6.05. The molecule has 0 aliphatic carbocycles. The Balaban J connectivity index is 2.20. The van der Waals surface area contributed by atoms with E-state index in [0.29, 0.717) is 0 Å². The molecule has 100 valence electrons. The van der Waals surface area contributed by atoms with E-state index in [4.69, 9.17) is 4.74 Å². The van der Waals surface area contributed by atoms with Gasteiger partial charge in [0.25, 0.3) is 0 Å². The van der Waals surface area contributed by atoms with Crippen LogP contribution in [0.3, 0.4) is 0 Å². The fraction of sp³-hybridized carbons (Fsp3) is 0.308. The number of fused-ring (bicyclic) bond motifs is 1. The van der Waals surface area contributed by atoms with Crippen molar-refractivity contribution < 1.29 is 9.53 Å². The highest BCUT2D eigenvalue weighted by atomic mass is 79.9. The largest absolute Gasteiger partial charge is 0.444 e. The molecule has 0 radical (unpaired) electrons. The third-order valence-electron chi connectivity index (χ3n) is 2.18. The minimum atomic E-state index is -0.568. The molecular weight excluding hydrogens is 310 g/mol. The topological polar surface area (TPSA) is 64.1 Å². The van der Waals surface area contributed by atoms with Gasteiger partial charge in [-0.1, -0.05) is 22.0 Å². The predicted molar refractivity (Wildman–Crippen MR) is 77.1 cm³/mol. The average molecular weight is 324 g/mol. The SMILES string of the molecule is CC(C)(C)OC(=O)Nc1ncc2c(Br)cccc2n1. The molecule has 1 amide bonds. The first-order valence-corrected chi connectivity index (χ1v) is 6.56. The number of halogens is 1. The molecule has 0 fully saturated rings. The van der Waals surface area contributed by atoms with Crippen LogP contribution in [0.4, 0.5) is 10.7 Å². The van der Waals surface area contributed by atoms with Gasteiger partial charge in [-0.2, -0.15) is 0 Å². The van der Waals surface area contributed by atoms with Crippen molar-refractivity contribution in [3.63, 3.8) is 0 Å². The van der Waals surface area contributed by atoms with Crippen molar-refractivity contribution in [2.75, 3.05) is 5.32 Å². The minimum Gasteiger partial charge on any atom is -0.444 e. The Morgan fingerprint density at radius 2 is 2.11 bits per heavy atom. The van der Waals surface area contributed by atoms with Gasteiger partial charge in [0.2, 0.25) is 5.95 Å². The molecule has 0 aliphatic heterocycles. The molecule has 2 rings (SSSR count). The van der Waals surface area contributed by atoms with Crippen molar-refractivity contribution in [3.05, 3.63) is 28.9 Å². The number of rotatable bonds is 1. The average Bonchev–Trinajstić information content (AvgIpc) is 2.26. The highest BCUT2D eigenvalue weighted by molar-refractivity contribution is 9.10. The third kappa shape index (κ3) is 3.64. The van der Waals surface area contributed by atoms with E-state index < -0.39 is 11.7 Å². The van der Waals surface area contributed by atoms with Gasteiger partial charge in [-0.25, -0.2) is 14.8 Å². The Kier molecular flexibility index (Phi) is 3.71. The highest BCUT2D eigenvalue weighted by Gasteiger charge is 2.17. The van der Waals surface area contributed by atoms with Crippen LogP contribution in [0.2, 0.25) is 0 Å². The van der Waals surface area contributed by atoms with Crippen LogP contribution >= 0.6 is 15.9 Å². The number of carbonyl (C=O) groups excluding carboxylic acids is 1. The first-order valence-electron chi connectivity index (χ1n) is 5.76. The van der Waals surface area contributed by atoms with E-state index >= 15 is 0 Å². The van der Waals surface area contributed by atoms with Gasteiger partial charge in [-0.3, -0.25) is 5.32 Å². The zero-order valence-electron chi connectivity index (χ0n) is 10.9. The molecule has 0 saturated carbocycles. The van der Waals surface area contributed by atoms with E-state index in [1.54, 1.807) is 27.0 Å². The molecule has 2 aromatic rings. The van der Waals surface area contributed by atoms with Gasteiger partial charge in [0.15, 0.2) is 0 Å². The molecule has 0 bridgehead atoms. The molecule has 6 heteroatoms. The predicted octanol–water partition coefficient (Wildman–Crippen LogP) is 3.74. The smallest absolute Gasteiger partial charge is 0.414 e. The Bertz CT molecular complexity index is 623. The standard InChI is InChI=1S/C13H14BrN3O2/c1-13(2,3)19-12(18)17-11-15-7-8-9(14)5-4-6-10(8)16-11/h4-7H,1-3H3,(H,15,16,17,18). The number of hydrogen-bond acceptors (Lipinski definition) is 4. The van der Waals surface area contributed by atoms with Gasteiger partial charge in [0.1, 0.15) is 5.60 Å². The number of aromatic nitrogens is 2. The summed E-state index contributed by atoms with van der Waals surface area (Å²) in [4.78, 5) is 19.9. The third-order valence-corrected chi connectivity index (χ3v) is 2.88. The first-order chi connectivity index (χ1) is 8.85. The molecule has 19 heavy (non-hydrogen) atoms. The number of amides is 1. The molecule has 0 aliphatic rings. The zero-order chi connectivity index (χ0) is 14.0. The van der Waals surface area contributed by atoms with Crippen LogP contribution in [-0.2, 0) is 4.74 Å². The summed E-state index contributed by atoms with van der Waals surface area (Å²) in [5.41, 5.74) is 0.194. The number of anilines is 1. The van der Waals surface area contributed by atoms with Crippen molar-refractivity contribution in [1.82, 2.24) is 9.97 Å². The fourth-order valence-corrected chi connectivity index (χ4v) is 1.93. The van der Waals surface area contributed by atoms with Crippen molar-refractivity contribution >= 4 is 38.9 Å². The van der Waals surface area contributed by atoms with Crippen LogP contribution in [0.5, 0.6) is 0 Å². The van der Waals surface area contributed by atoms with E-state index in [1.807, 2.05) is 18.2 Å². The van der Waals surface area contributed by atoms with Crippen LogP contribution in [0, 0.1) is 0 Å². The lowest BCUT2D eigenvalue weighted by atomic mass is 10.2. The maximum absolute atomic E-state index is 11.6. The lowest BCUT2D eigenvalue weighted by molar-refractivity contribution is 0.0634. The maximum atomic E-state index is 11.6. The van der Waals surface area contributed by atoms with Crippen molar-refractivity contribution in [1.29, 1.82) is 0 Å². The minimum absolute atomic E-state index is 0.222. The number of carbonyl (C=O) groups is 1. The van der Waals surface area contributed by atoms with E-state index in [0.717, 1.165) is 15.4 Å². The maximum Gasteiger partial charge on any atom is 0.414 e. The van der Waals surface area contributed by atoms with Crippen LogP contribution < -0.4 is 5.32 Å². The second-order valence-electron chi connectivity index (χ2n) is 4.99. The summed E-state index contributed by atoms with van der Waals surface area (Å²) in [6, 6.07) is 5.63. The van der Waals surface area contributed by atoms with Crippen LogP contribution in [0.15, 0.2) is 28.9 Å².